The maximum atomic E-state index is 14.6. The monoisotopic (exact) mass is 1050 g/mol. The van der Waals surface area contributed by atoms with E-state index in [1.165, 1.54) is 9.80 Å². The SMILES string of the molecule is CN[C@@H](C)C(=O)N[C@H](C(=O)N1C[C@@H](NC(=O)CC(=O)N[C@H]2C[C@@H](C(=O)N[C@@H]3CCCc4ccccc43)N(C(=O)[C@@H](NC(=O)[C@H](C)NC)C(C)(C)C)C2)C[C@H]1C(=O)N[C@@H]1CCCc2ccccc21)C(C)(C)C.Cl.Cl. The van der Waals surface area contributed by atoms with Gasteiger partial charge in [-0.05, 0) is 112 Å². The highest BCUT2D eigenvalue weighted by Crippen LogP contribution is 2.34. The van der Waals surface area contributed by atoms with E-state index in [4.69, 9.17) is 0 Å². The van der Waals surface area contributed by atoms with Crippen LogP contribution < -0.4 is 42.5 Å². The molecule has 2 saturated heterocycles. The van der Waals surface area contributed by atoms with Gasteiger partial charge in [0.05, 0.1) is 24.2 Å². The second-order valence-electron chi connectivity index (χ2n) is 22.1. The van der Waals surface area contributed by atoms with E-state index in [9.17, 15) is 38.4 Å². The maximum Gasteiger partial charge on any atom is 0.246 e. The predicted molar refractivity (Wildman–Crippen MR) is 284 cm³/mol. The van der Waals surface area contributed by atoms with Crippen LogP contribution in [-0.2, 0) is 51.2 Å². The summed E-state index contributed by atoms with van der Waals surface area (Å²) in [6.45, 7) is 14.3. The molecule has 2 aliphatic heterocycles. The van der Waals surface area contributed by atoms with Gasteiger partial charge in [0.25, 0.3) is 0 Å². The van der Waals surface area contributed by atoms with E-state index < -0.39 is 89.2 Å². The molecule has 0 bridgehead atoms. The number of carbonyl (C=O) groups is 8. The zero-order chi connectivity index (χ0) is 51.9. The van der Waals surface area contributed by atoms with Crippen molar-refractivity contribution in [3.8, 4) is 0 Å². The number of aryl methyl sites for hydroxylation is 2. The topological polar surface area (TPSA) is 239 Å². The summed E-state index contributed by atoms with van der Waals surface area (Å²) in [5.74, 6) is -3.75. The Morgan fingerprint density at radius 2 is 0.918 bits per heavy atom. The zero-order valence-electron chi connectivity index (χ0n) is 44.1. The highest BCUT2D eigenvalue weighted by atomic mass is 35.5. The van der Waals surface area contributed by atoms with Crippen molar-refractivity contribution in [1.29, 1.82) is 0 Å². The molecule has 0 radical (unpaired) electrons. The first kappa shape index (κ1) is 60.3. The number of likely N-dealkylation sites (N-methyl/N-ethyl adjacent to an activating group) is 2. The van der Waals surface area contributed by atoms with Crippen LogP contribution in [0.15, 0.2) is 48.5 Å². The van der Waals surface area contributed by atoms with Gasteiger partial charge in [0.1, 0.15) is 30.6 Å². The molecule has 2 heterocycles. The fourth-order valence-electron chi connectivity index (χ4n) is 10.3. The van der Waals surface area contributed by atoms with E-state index >= 15 is 0 Å². The third-order valence-electron chi connectivity index (χ3n) is 14.6. The Hall–Kier alpha value is -5.30. The first-order valence-electron chi connectivity index (χ1n) is 25.4. The standard InChI is InChI=1S/C53H78N10O8.2ClH/c1-30(54-9)46(66)60-44(52(3,4)5)50(70)62-28-34(25-40(62)48(68)58-38-23-15-19-32-17-11-13-21-36(32)38)56-42(64)27-43(65)57-35-26-41(49(69)59-39-24-16-20-33-18-12-14-22-37(33)39)63(29-35)51(71)45(53(6,7)8)61-47(67)31(2)55-10;;/h11-14,17-18,21-22,30-31,34-35,38-41,44-45,54-55H,15-16,19-20,23-29H2,1-10H3,(H,56,64)(H,57,65)(H,58,68)(H,59,69)(H,60,66)(H,61,67);2*1H/t30-,31-,34-,35-,38+,39+,40-,41-,44+,45+;;/m0../s1. The predicted octanol–water partition coefficient (Wildman–Crippen LogP) is 3.06. The molecule has 8 amide bonds. The molecule has 0 saturated carbocycles. The van der Waals surface area contributed by atoms with Crippen molar-refractivity contribution in [3.63, 3.8) is 0 Å². The van der Waals surface area contributed by atoms with Crippen LogP contribution in [0.2, 0.25) is 0 Å². The van der Waals surface area contributed by atoms with Crippen LogP contribution in [0, 0.1) is 10.8 Å². The van der Waals surface area contributed by atoms with Crippen molar-refractivity contribution in [1.82, 2.24) is 52.3 Å². The fraction of sp³-hybridized carbons (Fsp3) is 0.623. The Balaban J connectivity index is 0.00000578. The molecule has 2 fully saturated rings. The van der Waals surface area contributed by atoms with Gasteiger partial charge in [-0.2, -0.15) is 0 Å². The summed E-state index contributed by atoms with van der Waals surface area (Å²) in [7, 11) is 3.29. The zero-order valence-corrected chi connectivity index (χ0v) is 45.8. The Labute approximate surface area is 443 Å². The average molecular weight is 1060 g/mol. The fourth-order valence-corrected chi connectivity index (χ4v) is 10.3. The van der Waals surface area contributed by atoms with Gasteiger partial charge >= 0.3 is 0 Å². The van der Waals surface area contributed by atoms with Crippen LogP contribution in [0.1, 0.15) is 135 Å². The minimum atomic E-state index is -1.01. The van der Waals surface area contributed by atoms with E-state index in [1.807, 2.05) is 77.9 Å². The van der Waals surface area contributed by atoms with Crippen molar-refractivity contribution >= 4 is 72.1 Å². The van der Waals surface area contributed by atoms with Crippen LogP contribution in [0.3, 0.4) is 0 Å². The van der Waals surface area contributed by atoms with Crippen molar-refractivity contribution in [3.05, 3.63) is 70.8 Å². The highest BCUT2D eigenvalue weighted by Gasteiger charge is 2.48. The maximum absolute atomic E-state index is 14.6. The Kier molecular flexibility index (Phi) is 21.3. The molecule has 10 atom stereocenters. The molecular weight excluding hydrogens is 976 g/mol. The molecule has 20 heteroatoms. The number of nitrogens with one attached hydrogen (secondary N) is 8. The molecule has 18 nitrogen and oxygen atoms in total. The molecule has 2 aromatic carbocycles. The summed E-state index contributed by atoms with van der Waals surface area (Å²) in [6.07, 6.45) is 4.52. The van der Waals surface area contributed by atoms with E-state index in [0.717, 1.165) is 60.8 Å². The normalized spacial score (nSPS) is 23.0. The largest absolute Gasteiger partial charge is 0.351 e. The first-order valence-corrected chi connectivity index (χ1v) is 25.4. The van der Waals surface area contributed by atoms with Crippen LogP contribution >= 0.6 is 24.8 Å². The lowest BCUT2D eigenvalue weighted by Gasteiger charge is -2.36. The van der Waals surface area contributed by atoms with E-state index in [0.29, 0.717) is 0 Å². The number of likely N-dealkylation sites (tertiary alicyclic amines) is 2. The van der Waals surface area contributed by atoms with Gasteiger partial charge in [0, 0.05) is 25.2 Å². The number of fused-ring (bicyclic) bond motifs is 2. The second kappa shape index (κ2) is 25.8. The first-order chi connectivity index (χ1) is 33.5. The van der Waals surface area contributed by atoms with Crippen LogP contribution in [-0.4, -0.2) is 133 Å². The molecule has 0 spiro atoms. The van der Waals surface area contributed by atoms with Crippen molar-refractivity contribution in [2.24, 2.45) is 10.8 Å². The van der Waals surface area contributed by atoms with E-state index in [1.54, 1.807) is 27.9 Å². The Morgan fingerprint density at radius 1 is 0.562 bits per heavy atom. The van der Waals surface area contributed by atoms with Crippen LogP contribution in [0.5, 0.6) is 0 Å². The third kappa shape index (κ3) is 14.9. The van der Waals surface area contributed by atoms with Crippen LogP contribution in [0.4, 0.5) is 0 Å². The molecule has 73 heavy (non-hydrogen) atoms. The van der Waals surface area contributed by atoms with Crippen molar-refractivity contribution < 1.29 is 38.4 Å². The summed E-state index contributed by atoms with van der Waals surface area (Å²) in [6, 6.07) is 8.77. The second-order valence-corrected chi connectivity index (χ2v) is 22.1. The molecule has 0 unspecified atom stereocenters. The number of hydrogen-bond donors (Lipinski definition) is 8. The number of nitrogens with zero attached hydrogens (tertiary/aromatic N) is 2. The molecule has 6 rings (SSSR count). The van der Waals surface area contributed by atoms with E-state index in [2.05, 4.69) is 54.7 Å². The van der Waals surface area contributed by atoms with Gasteiger partial charge in [-0.25, -0.2) is 0 Å². The Bertz CT molecular complexity index is 2170. The van der Waals surface area contributed by atoms with Gasteiger partial charge in [-0.15, -0.1) is 24.8 Å². The van der Waals surface area contributed by atoms with Crippen LogP contribution in [0.25, 0.3) is 0 Å². The Morgan fingerprint density at radius 3 is 1.26 bits per heavy atom. The smallest absolute Gasteiger partial charge is 0.246 e. The number of benzene rings is 2. The average Bonchev–Trinajstić information content (AvgIpc) is 3.95. The number of hydrogen-bond acceptors (Lipinski definition) is 10. The van der Waals surface area contributed by atoms with Gasteiger partial charge in [0.15, 0.2) is 0 Å². The quantitative estimate of drug-likeness (QED) is 0.114. The minimum absolute atomic E-state index is 0. The number of carbonyl (C=O) groups excluding carboxylic acids is 8. The third-order valence-corrected chi connectivity index (χ3v) is 14.6. The minimum Gasteiger partial charge on any atom is -0.351 e. The molecule has 0 aromatic heterocycles. The summed E-state index contributed by atoms with van der Waals surface area (Å²) in [4.78, 5) is 115. The molecule has 4 aliphatic rings. The summed E-state index contributed by atoms with van der Waals surface area (Å²) >= 11 is 0. The molecular formula is C53H80Cl2N10O8. The lowest BCUT2D eigenvalue weighted by molar-refractivity contribution is -0.144. The molecule has 8 N–H and O–H groups in total. The lowest BCUT2D eigenvalue weighted by Crippen LogP contribution is -2.59. The highest BCUT2D eigenvalue weighted by molar-refractivity contribution is 5.99. The van der Waals surface area contributed by atoms with Gasteiger partial charge < -0.3 is 52.3 Å². The molecule has 2 aromatic rings. The van der Waals surface area contributed by atoms with Gasteiger partial charge in [0.2, 0.25) is 47.3 Å². The van der Waals surface area contributed by atoms with Gasteiger partial charge in [-0.3, -0.25) is 38.4 Å². The van der Waals surface area contributed by atoms with Crippen molar-refractivity contribution in [2.45, 2.75) is 174 Å². The van der Waals surface area contributed by atoms with Crippen molar-refractivity contribution in [2.75, 3.05) is 27.2 Å². The summed E-state index contributed by atoms with van der Waals surface area (Å²) in [5, 5.41) is 23.7. The molecule has 404 valence electrons. The summed E-state index contributed by atoms with van der Waals surface area (Å²) in [5.41, 5.74) is 2.85. The summed E-state index contributed by atoms with van der Waals surface area (Å²) < 4.78 is 0. The molecule has 2 aliphatic carbocycles. The van der Waals surface area contributed by atoms with E-state index in [-0.39, 0.29) is 86.5 Å². The van der Waals surface area contributed by atoms with Gasteiger partial charge in [-0.1, -0.05) is 90.1 Å². The lowest BCUT2D eigenvalue weighted by atomic mass is 9.85. The number of amides is 8. The number of rotatable bonds is 16. The number of halogens is 2.